The minimum absolute atomic E-state index is 0. The molecule has 3 heteroatoms. The monoisotopic (exact) mass is 246 g/mol. The van der Waals surface area contributed by atoms with Gasteiger partial charge in [-0.3, -0.25) is 0 Å². The molecule has 0 atom stereocenters. The zero-order valence-electron chi connectivity index (χ0n) is 11.8. The van der Waals surface area contributed by atoms with E-state index in [-0.39, 0.29) is 12.8 Å². The first-order chi connectivity index (χ1) is 7.91. The summed E-state index contributed by atoms with van der Waals surface area (Å²) < 4.78 is 0. The third-order valence-electron chi connectivity index (χ3n) is 3.00. The highest BCUT2D eigenvalue weighted by atomic mass is 16.3. The molecule has 5 N–H and O–H groups in total. The Morgan fingerprint density at radius 3 is 1.65 bits per heavy atom. The van der Waals surface area contributed by atoms with E-state index >= 15 is 0 Å². The molecule has 0 saturated heterocycles. The number of rotatable bonds is 13. The number of hydrogen-bond acceptors (Lipinski definition) is 3. The van der Waals surface area contributed by atoms with Gasteiger partial charge in [0.15, 0.2) is 0 Å². The molecule has 0 aromatic heterocycles. The number of unbranched alkanes of at least 4 members (excludes halogenated alkanes) is 9. The average molecular weight is 246 g/mol. The second-order valence-corrected chi connectivity index (χ2v) is 4.66. The first kappa shape index (κ1) is 19.2. The predicted molar refractivity (Wildman–Crippen MR) is 76.8 cm³/mol. The molecule has 0 radical (unpaired) electrons. The van der Waals surface area contributed by atoms with E-state index in [4.69, 9.17) is 5.11 Å². The molecule has 0 saturated carbocycles. The Bertz CT molecular complexity index is 107. The maximum Gasteiger partial charge on any atom is 0.0555 e. The van der Waals surface area contributed by atoms with Gasteiger partial charge in [-0.05, 0) is 13.0 Å². The van der Waals surface area contributed by atoms with Crippen LogP contribution in [-0.4, -0.2) is 24.8 Å². The number of aliphatic hydroxyl groups excluding tert-OH is 1. The van der Waals surface area contributed by atoms with E-state index in [0.29, 0.717) is 0 Å². The van der Waals surface area contributed by atoms with Crippen molar-refractivity contribution >= 4 is 0 Å². The van der Waals surface area contributed by atoms with Gasteiger partial charge in [-0.1, -0.05) is 64.7 Å². The van der Waals surface area contributed by atoms with Gasteiger partial charge in [-0.2, -0.15) is 0 Å². The van der Waals surface area contributed by atoms with Gasteiger partial charge in [0.2, 0.25) is 0 Å². The minimum atomic E-state index is 0. The van der Waals surface area contributed by atoms with Gasteiger partial charge in [0.05, 0.1) is 6.61 Å². The van der Waals surface area contributed by atoms with Crippen LogP contribution in [-0.2, 0) is 0 Å². The minimum Gasteiger partial charge on any atom is -0.395 e. The predicted octanol–water partition coefficient (Wildman–Crippen LogP) is 3.65. The highest BCUT2D eigenvalue weighted by Crippen LogP contribution is 2.10. The van der Waals surface area contributed by atoms with Crippen LogP contribution < -0.4 is 11.5 Å². The summed E-state index contributed by atoms with van der Waals surface area (Å²) in [6, 6.07) is 0. The van der Waals surface area contributed by atoms with Crippen LogP contribution in [0.5, 0.6) is 0 Å². The summed E-state index contributed by atoms with van der Waals surface area (Å²) >= 11 is 0. The lowest BCUT2D eigenvalue weighted by molar-refractivity contribution is 0.292. The van der Waals surface area contributed by atoms with Crippen LogP contribution in [0.25, 0.3) is 0 Å². The summed E-state index contributed by atoms with van der Waals surface area (Å²) in [5, 5.41) is 11.8. The van der Waals surface area contributed by atoms with Crippen LogP contribution in [0.2, 0.25) is 0 Å². The standard InChI is InChI=1S/C14H31NO.H3N/c1-2-3-4-5-6-7-8-9-10-11-12-15-13-14-16;/h15-16H,2-14H2,1H3;1H3. The van der Waals surface area contributed by atoms with E-state index < -0.39 is 0 Å². The lowest BCUT2D eigenvalue weighted by Gasteiger charge is -2.03. The molecule has 0 aliphatic heterocycles. The summed E-state index contributed by atoms with van der Waals surface area (Å²) in [5.41, 5.74) is 0. The van der Waals surface area contributed by atoms with E-state index in [2.05, 4.69) is 12.2 Å². The van der Waals surface area contributed by atoms with Crippen LogP contribution in [0.4, 0.5) is 0 Å². The smallest absolute Gasteiger partial charge is 0.0555 e. The lowest BCUT2D eigenvalue weighted by Crippen LogP contribution is -2.19. The Kier molecular flexibility index (Phi) is 20.6. The molecule has 0 aliphatic carbocycles. The topological polar surface area (TPSA) is 67.3 Å². The van der Waals surface area contributed by atoms with Gasteiger partial charge < -0.3 is 16.6 Å². The van der Waals surface area contributed by atoms with Crippen molar-refractivity contribution in [2.45, 2.75) is 71.1 Å². The first-order valence-corrected chi connectivity index (χ1v) is 7.23. The van der Waals surface area contributed by atoms with E-state index in [1.807, 2.05) is 0 Å². The third-order valence-corrected chi connectivity index (χ3v) is 3.00. The van der Waals surface area contributed by atoms with E-state index in [1.54, 1.807) is 0 Å². The summed E-state index contributed by atoms with van der Waals surface area (Å²) in [7, 11) is 0. The Morgan fingerprint density at radius 1 is 0.706 bits per heavy atom. The summed E-state index contributed by atoms with van der Waals surface area (Å²) in [6.45, 7) is 4.34. The highest BCUT2D eigenvalue weighted by molar-refractivity contribution is 4.50. The van der Waals surface area contributed by atoms with Crippen LogP contribution in [0.1, 0.15) is 71.1 Å². The molecule has 0 heterocycles. The zero-order chi connectivity index (χ0) is 11.9. The zero-order valence-corrected chi connectivity index (χ0v) is 11.8. The fourth-order valence-corrected chi connectivity index (χ4v) is 1.94. The lowest BCUT2D eigenvalue weighted by atomic mass is 10.1. The number of nitrogens with one attached hydrogen (secondary N) is 1. The van der Waals surface area contributed by atoms with Gasteiger partial charge >= 0.3 is 0 Å². The van der Waals surface area contributed by atoms with Crippen molar-refractivity contribution < 1.29 is 5.11 Å². The van der Waals surface area contributed by atoms with Gasteiger partial charge in [-0.25, -0.2) is 0 Å². The number of hydrogen-bond donors (Lipinski definition) is 3. The largest absolute Gasteiger partial charge is 0.395 e. The summed E-state index contributed by atoms with van der Waals surface area (Å²) in [5.74, 6) is 0. The van der Waals surface area contributed by atoms with Crippen LogP contribution in [0.3, 0.4) is 0 Å². The molecule has 0 aromatic rings. The van der Waals surface area contributed by atoms with Crippen LogP contribution in [0, 0.1) is 0 Å². The molecule has 106 valence electrons. The normalized spacial score (nSPS) is 10.2. The van der Waals surface area contributed by atoms with Gasteiger partial charge in [0, 0.05) is 6.54 Å². The quantitative estimate of drug-likeness (QED) is 0.434. The van der Waals surface area contributed by atoms with Crippen molar-refractivity contribution in [1.29, 1.82) is 0 Å². The average Bonchev–Trinajstić information content (AvgIpc) is 2.31. The Morgan fingerprint density at radius 2 is 1.18 bits per heavy atom. The van der Waals surface area contributed by atoms with E-state index in [1.165, 1.54) is 64.2 Å². The number of aliphatic hydroxyl groups is 1. The molecule has 0 amide bonds. The molecule has 0 rings (SSSR count). The van der Waals surface area contributed by atoms with Crippen molar-refractivity contribution in [3.8, 4) is 0 Å². The van der Waals surface area contributed by atoms with E-state index in [9.17, 15) is 0 Å². The molecule has 3 nitrogen and oxygen atoms in total. The SMILES string of the molecule is CCCCCCCCCCCCNCCO.N. The maximum atomic E-state index is 8.57. The molecule has 0 unspecified atom stereocenters. The van der Waals surface area contributed by atoms with Crippen LogP contribution in [0.15, 0.2) is 0 Å². The fourth-order valence-electron chi connectivity index (χ4n) is 1.94. The van der Waals surface area contributed by atoms with E-state index in [0.717, 1.165) is 13.1 Å². The second-order valence-electron chi connectivity index (χ2n) is 4.66. The molecule has 0 bridgehead atoms. The first-order valence-electron chi connectivity index (χ1n) is 7.23. The Hall–Kier alpha value is -0.120. The molecule has 17 heavy (non-hydrogen) atoms. The summed E-state index contributed by atoms with van der Waals surface area (Å²) in [6.07, 6.45) is 13.9. The van der Waals surface area contributed by atoms with Crippen molar-refractivity contribution in [2.75, 3.05) is 19.7 Å². The molecule has 0 aromatic carbocycles. The maximum absolute atomic E-state index is 8.57. The Labute approximate surface area is 108 Å². The van der Waals surface area contributed by atoms with Gasteiger partial charge in [0.1, 0.15) is 0 Å². The molecule has 0 spiro atoms. The van der Waals surface area contributed by atoms with Crippen molar-refractivity contribution in [3.05, 3.63) is 0 Å². The fraction of sp³-hybridized carbons (Fsp3) is 1.00. The van der Waals surface area contributed by atoms with Crippen molar-refractivity contribution in [3.63, 3.8) is 0 Å². The summed E-state index contributed by atoms with van der Waals surface area (Å²) in [4.78, 5) is 0. The van der Waals surface area contributed by atoms with Crippen molar-refractivity contribution in [1.82, 2.24) is 11.5 Å². The third kappa shape index (κ3) is 18.4. The van der Waals surface area contributed by atoms with Crippen LogP contribution >= 0.6 is 0 Å². The Balaban J connectivity index is 0. The molecular weight excluding hydrogens is 212 g/mol. The second kappa shape index (κ2) is 18.3. The molecule has 0 fully saturated rings. The van der Waals surface area contributed by atoms with Gasteiger partial charge in [-0.15, -0.1) is 0 Å². The van der Waals surface area contributed by atoms with Crippen molar-refractivity contribution in [2.24, 2.45) is 0 Å². The molecular formula is C14H34N2O. The highest BCUT2D eigenvalue weighted by Gasteiger charge is 1.92. The van der Waals surface area contributed by atoms with Gasteiger partial charge in [0.25, 0.3) is 0 Å². The molecule has 0 aliphatic rings.